The largest absolute Gasteiger partial charge is 0.397 e. The highest BCUT2D eigenvalue weighted by Crippen LogP contribution is 2.44. The Bertz CT molecular complexity index is 1460. The second-order valence-corrected chi connectivity index (χ2v) is 11.1. The van der Waals surface area contributed by atoms with Crippen LogP contribution in [-0.4, -0.2) is 54.2 Å². The molecule has 11 heteroatoms. The summed E-state index contributed by atoms with van der Waals surface area (Å²) >= 11 is 0.978. The van der Waals surface area contributed by atoms with E-state index >= 15 is 8.78 Å². The average molecular weight is 556 g/mol. The number of anilines is 2. The molecule has 2 heterocycles. The molecule has 3 aromatic rings. The molecule has 5 rings (SSSR count). The van der Waals surface area contributed by atoms with Gasteiger partial charge in [0, 0.05) is 42.2 Å². The first-order chi connectivity index (χ1) is 18.7. The van der Waals surface area contributed by atoms with E-state index in [1.54, 1.807) is 17.0 Å². The fourth-order valence-corrected chi connectivity index (χ4v) is 6.05. The van der Waals surface area contributed by atoms with Gasteiger partial charge in [-0.25, -0.2) is 13.2 Å². The summed E-state index contributed by atoms with van der Waals surface area (Å²) in [7, 11) is 0. The van der Waals surface area contributed by atoms with Crippen LogP contribution in [0.5, 0.6) is 0 Å². The number of benzene rings is 2. The molecule has 1 aromatic heterocycles. The van der Waals surface area contributed by atoms with Crippen LogP contribution in [0.15, 0.2) is 30.3 Å². The predicted octanol–water partition coefficient (Wildman–Crippen LogP) is 4.72. The Labute approximate surface area is 228 Å². The molecular weight excluding hydrogens is 527 g/mol. The number of nitrogens with one attached hydrogen (secondary N) is 2. The number of amides is 1. The van der Waals surface area contributed by atoms with Gasteiger partial charge in [0.25, 0.3) is 5.91 Å². The summed E-state index contributed by atoms with van der Waals surface area (Å²) < 4.78 is 45.5. The molecule has 1 saturated carbocycles. The van der Waals surface area contributed by atoms with Gasteiger partial charge in [0.2, 0.25) is 0 Å². The number of halogens is 3. The minimum Gasteiger partial charge on any atom is -0.397 e. The Morgan fingerprint density at radius 2 is 1.92 bits per heavy atom. The quantitative estimate of drug-likeness (QED) is 0.328. The predicted molar refractivity (Wildman–Crippen MR) is 145 cm³/mol. The van der Waals surface area contributed by atoms with Crippen molar-refractivity contribution in [2.24, 2.45) is 0 Å². The molecule has 7 nitrogen and oxygen atoms in total. The van der Waals surface area contributed by atoms with Gasteiger partial charge < -0.3 is 26.4 Å². The highest BCUT2D eigenvalue weighted by molar-refractivity contribution is 7.18. The van der Waals surface area contributed by atoms with Crippen molar-refractivity contribution in [3.8, 4) is 27.6 Å². The van der Waals surface area contributed by atoms with Gasteiger partial charge in [0.05, 0.1) is 27.4 Å². The smallest absolute Gasteiger partial charge is 0.264 e. The highest BCUT2D eigenvalue weighted by atomic mass is 32.1. The molecule has 0 spiro atoms. The number of hydrogen-bond donors (Lipinski definition) is 4. The molecule has 0 radical (unpaired) electrons. The Morgan fingerprint density at radius 3 is 2.62 bits per heavy atom. The van der Waals surface area contributed by atoms with E-state index in [4.69, 9.17) is 11.0 Å². The molecule has 0 atom stereocenters. The van der Waals surface area contributed by atoms with Gasteiger partial charge in [-0.2, -0.15) is 5.26 Å². The van der Waals surface area contributed by atoms with Crippen LogP contribution >= 0.6 is 11.3 Å². The summed E-state index contributed by atoms with van der Waals surface area (Å²) in [6.45, 7) is 2.50. The molecule has 39 heavy (non-hydrogen) atoms. The van der Waals surface area contributed by atoms with Crippen molar-refractivity contribution in [3.05, 3.63) is 58.2 Å². The zero-order chi connectivity index (χ0) is 27.7. The van der Waals surface area contributed by atoms with Crippen LogP contribution in [0.4, 0.5) is 24.5 Å². The van der Waals surface area contributed by atoms with E-state index in [-0.39, 0.29) is 39.8 Å². The van der Waals surface area contributed by atoms with Crippen molar-refractivity contribution in [1.29, 1.82) is 5.26 Å². The fraction of sp³-hybridized carbons (Fsp3) is 0.357. The van der Waals surface area contributed by atoms with Crippen LogP contribution in [0.2, 0.25) is 0 Å². The van der Waals surface area contributed by atoms with Crippen molar-refractivity contribution in [3.63, 3.8) is 0 Å². The molecular formula is C28H28F3N5O2S. The lowest BCUT2D eigenvalue weighted by molar-refractivity contribution is -0.0202. The minimum atomic E-state index is -1.20. The Kier molecular flexibility index (Phi) is 7.53. The normalized spacial score (nSPS) is 16.7. The van der Waals surface area contributed by atoms with Crippen LogP contribution < -0.4 is 16.4 Å². The number of nitrogen functional groups attached to an aromatic ring is 1. The van der Waals surface area contributed by atoms with Crippen LogP contribution in [0.25, 0.3) is 21.6 Å². The van der Waals surface area contributed by atoms with Gasteiger partial charge in [0.1, 0.15) is 11.9 Å². The molecule has 0 bridgehead atoms. The Balaban J connectivity index is 1.58. The maximum Gasteiger partial charge on any atom is 0.264 e. The first-order valence-electron chi connectivity index (χ1n) is 12.8. The molecule has 2 aromatic carbocycles. The third-order valence-corrected chi connectivity index (χ3v) is 8.49. The van der Waals surface area contributed by atoms with Crippen molar-refractivity contribution < 1.29 is 23.1 Å². The second kappa shape index (κ2) is 10.9. The van der Waals surface area contributed by atoms with Crippen LogP contribution in [0, 0.1) is 28.8 Å². The van der Waals surface area contributed by atoms with Crippen LogP contribution in [0.1, 0.15) is 40.9 Å². The van der Waals surface area contributed by atoms with Crippen LogP contribution in [-0.2, 0) is 0 Å². The zero-order valence-electron chi connectivity index (χ0n) is 21.1. The maximum atomic E-state index is 15.6. The number of nitrogens with two attached hydrogens (primary N) is 1. The van der Waals surface area contributed by atoms with E-state index in [0.717, 1.165) is 36.8 Å². The van der Waals surface area contributed by atoms with Crippen molar-refractivity contribution in [1.82, 2.24) is 10.2 Å². The molecule has 1 aliphatic carbocycles. The Hall–Kier alpha value is -3.59. The van der Waals surface area contributed by atoms with Crippen molar-refractivity contribution >= 4 is 28.6 Å². The molecule has 204 valence electrons. The number of hydrogen-bond acceptors (Lipinski definition) is 7. The second-order valence-electron chi connectivity index (χ2n) is 10.0. The lowest BCUT2D eigenvalue weighted by Gasteiger charge is -2.37. The SMILES string of the molecule is N#Cc1ccc(-c2cc(C(=O)N3CCCNCC3)sc2-c2cc(N)c(NCC3(O)CCC3)c(F)c2F)cc1F. The topological polar surface area (TPSA) is 114 Å². The summed E-state index contributed by atoms with van der Waals surface area (Å²) in [4.78, 5) is 15.6. The lowest BCUT2D eigenvalue weighted by atomic mass is 9.80. The van der Waals surface area contributed by atoms with E-state index < -0.39 is 23.1 Å². The average Bonchev–Trinajstić information content (AvgIpc) is 3.16. The van der Waals surface area contributed by atoms with E-state index in [1.807, 2.05) is 0 Å². The van der Waals surface area contributed by atoms with Crippen molar-refractivity contribution in [2.45, 2.75) is 31.3 Å². The summed E-state index contributed by atoms with van der Waals surface area (Å²) in [5.41, 5.74) is 5.16. The van der Waals surface area contributed by atoms with E-state index in [1.165, 1.54) is 18.2 Å². The number of carbonyl (C=O) groups excluding carboxylic acids is 1. The molecule has 5 N–H and O–H groups in total. The standard InChI is InChI=1S/C28H28F3N5O2S/c29-20-11-16(3-4-17(20)14-32)18-13-22(27(37)36-9-2-7-34-8-10-36)39-26(18)19-12-21(33)25(24(31)23(19)30)35-15-28(38)5-1-6-28/h3-4,11-13,34-35,38H,1-2,5-10,15,33H2. The van der Waals surface area contributed by atoms with E-state index in [2.05, 4.69) is 10.6 Å². The van der Waals surface area contributed by atoms with Crippen molar-refractivity contribution in [2.75, 3.05) is 43.8 Å². The maximum absolute atomic E-state index is 15.6. The monoisotopic (exact) mass is 555 g/mol. The van der Waals surface area contributed by atoms with Gasteiger partial charge in [0.15, 0.2) is 11.6 Å². The highest BCUT2D eigenvalue weighted by Gasteiger charge is 2.35. The number of rotatable bonds is 6. The molecule has 1 aliphatic heterocycles. The molecule has 0 unspecified atom stereocenters. The number of thiophene rings is 1. The number of aliphatic hydroxyl groups is 1. The zero-order valence-corrected chi connectivity index (χ0v) is 21.9. The lowest BCUT2D eigenvalue weighted by Crippen LogP contribution is -2.43. The number of nitriles is 1. The molecule has 2 fully saturated rings. The first-order valence-corrected chi connectivity index (χ1v) is 13.6. The van der Waals surface area contributed by atoms with Crippen LogP contribution in [0.3, 0.4) is 0 Å². The van der Waals surface area contributed by atoms with Gasteiger partial charge >= 0.3 is 0 Å². The summed E-state index contributed by atoms with van der Waals surface area (Å²) in [6.07, 6.45) is 2.75. The van der Waals surface area contributed by atoms with Gasteiger partial charge in [-0.05, 0) is 62.1 Å². The number of nitrogens with zero attached hydrogens (tertiary/aromatic N) is 2. The van der Waals surface area contributed by atoms with Gasteiger partial charge in [-0.3, -0.25) is 4.79 Å². The molecule has 1 saturated heterocycles. The summed E-state index contributed by atoms with van der Waals surface area (Å²) in [5.74, 6) is -3.41. The third kappa shape index (κ3) is 5.32. The van der Waals surface area contributed by atoms with Gasteiger partial charge in [-0.1, -0.05) is 6.07 Å². The summed E-state index contributed by atoms with van der Waals surface area (Å²) in [6, 6.07) is 8.54. The third-order valence-electron chi connectivity index (χ3n) is 7.33. The minimum absolute atomic E-state index is 0.0328. The molecule has 1 amide bonds. The van der Waals surface area contributed by atoms with E-state index in [0.29, 0.717) is 48.5 Å². The van der Waals surface area contributed by atoms with Gasteiger partial charge in [-0.15, -0.1) is 11.3 Å². The fourth-order valence-electron chi connectivity index (χ4n) is 4.89. The molecule has 2 aliphatic rings. The summed E-state index contributed by atoms with van der Waals surface area (Å²) in [5, 5.41) is 25.5. The first kappa shape index (κ1) is 27.0. The van der Waals surface area contributed by atoms with E-state index in [9.17, 15) is 14.3 Å². The Morgan fingerprint density at radius 1 is 1.13 bits per heavy atom. The number of carbonyl (C=O) groups is 1.